The highest BCUT2D eigenvalue weighted by Crippen LogP contribution is 2.22. The number of hydrogen-bond acceptors (Lipinski definition) is 5. The molecule has 0 aliphatic rings. The lowest BCUT2D eigenvalue weighted by molar-refractivity contribution is -0.150. The number of carbonyl (C=O) groups excluding carboxylic acids is 3. The Morgan fingerprint density at radius 2 is 1.84 bits per heavy atom. The summed E-state index contributed by atoms with van der Waals surface area (Å²) in [5, 5.41) is 3.22. The molecule has 0 saturated heterocycles. The molecule has 1 atom stereocenters. The first-order valence-electron chi connectivity index (χ1n) is 7.69. The molecule has 0 fully saturated rings. The van der Waals surface area contributed by atoms with Gasteiger partial charge in [0.1, 0.15) is 6.04 Å². The predicted octanol–water partition coefficient (Wildman–Crippen LogP) is 2.78. The van der Waals surface area contributed by atoms with Gasteiger partial charge in [0, 0.05) is 0 Å². The van der Waals surface area contributed by atoms with Crippen LogP contribution in [0.5, 0.6) is 0 Å². The monoisotopic (exact) mass is 389 g/mol. The van der Waals surface area contributed by atoms with Gasteiger partial charge in [0.2, 0.25) is 0 Å². The van der Waals surface area contributed by atoms with Crippen LogP contribution in [0.2, 0.25) is 10.0 Å². The first kappa shape index (κ1) is 21.3. The van der Waals surface area contributed by atoms with Crippen molar-refractivity contribution in [2.24, 2.45) is 5.92 Å². The van der Waals surface area contributed by atoms with Crippen molar-refractivity contribution in [3.8, 4) is 0 Å². The number of nitrogens with one attached hydrogen (secondary N) is 1. The van der Waals surface area contributed by atoms with E-state index in [0.717, 1.165) is 0 Å². The molecule has 1 aromatic carbocycles. The van der Waals surface area contributed by atoms with Gasteiger partial charge in [0.15, 0.2) is 6.61 Å². The lowest BCUT2D eigenvalue weighted by Gasteiger charge is -2.18. The number of methoxy groups -OCH3 is 1. The van der Waals surface area contributed by atoms with Crippen LogP contribution in [-0.2, 0) is 30.3 Å². The quantitative estimate of drug-likeness (QED) is 0.691. The van der Waals surface area contributed by atoms with Crippen LogP contribution >= 0.6 is 23.2 Å². The normalized spacial score (nSPS) is 11.8. The maximum atomic E-state index is 11.9. The van der Waals surface area contributed by atoms with Gasteiger partial charge in [0.05, 0.1) is 23.6 Å². The van der Waals surface area contributed by atoms with Gasteiger partial charge in [-0.1, -0.05) is 43.1 Å². The Kier molecular flexibility index (Phi) is 8.72. The maximum absolute atomic E-state index is 11.9. The molecule has 1 N–H and O–H groups in total. The summed E-state index contributed by atoms with van der Waals surface area (Å²) in [5.74, 6) is -1.52. The molecule has 1 aromatic rings. The third-order valence-corrected chi connectivity index (χ3v) is 3.96. The average molecular weight is 390 g/mol. The number of hydrogen-bond donors (Lipinski definition) is 1. The molecule has 8 heteroatoms. The van der Waals surface area contributed by atoms with Crippen molar-refractivity contribution in [3.63, 3.8) is 0 Å². The first-order chi connectivity index (χ1) is 11.7. The van der Waals surface area contributed by atoms with Gasteiger partial charge >= 0.3 is 11.9 Å². The van der Waals surface area contributed by atoms with E-state index in [-0.39, 0.29) is 12.3 Å². The first-order valence-corrected chi connectivity index (χ1v) is 8.45. The zero-order chi connectivity index (χ0) is 19.0. The van der Waals surface area contributed by atoms with Crippen LogP contribution in [0.3, 0.4) is 0 Å². The van der Waals surface area contributed by atoms with E-state index in [1.807, 2.05) is 13.8 Å². The van der Waals surface area contributed by atoms with Crippen LogP contribution in [0.25, 0.3) is 0 Å². The van der Waals surface area contributed by atoms with Gasteiger partial charge in [0.25, 0.3) is 5.91 Å². The van der Waals surface area contributed by atoms with Gasteiger partial charge in [-0.05, 0) is 30.0 Å². The molecule has 0 unspecified atom stereocenters. The minimum atomic E-state index is -0.772. The molecule has 0 aliphatic heterocycles. The Bertz CT molecular complexity index is 633. The molecular weight excluding hydrogens is 369 g/mol. The summed E-state index contributed by atoms with van der Waals surface area (Å²) in [4.78, 5) is 35.3. The maximum Gasteiger partial charge on any atom is 0.328 e. The van der Waals surface area contributed by atoms with Gasteiger partial charge in [-0.25, -0.2) is 4.79 Å². The van der Waals surface area contributed by atoms with Crippen LogP contribution < -0.4 is 5.32 Å². The van der Waals surface area contributed by atoms with Crippen molar-refractivity contribution < 1.29 is 23.9 Å². The zero-order valence-corrected chi connectivity index (χ0v) is 15.8. The van der Waals surface area contributed by atoms with E-state index >= 15 is 0 Å². The predicted molar refractivity (Wildman–Crippen MR) is 94.5 cm³/mol. The average Bonchev–Trinajstić information content (AvgIpc) is 2.54. The van der Waals surface area contributed by atoms with E-state index in [1.165, 1.54) is 7.11 Å². The molecule has 0 saturated carbocycles. The lowest BCUT2D eigenvalue weighted by Crippen LogP contribution is -2.44. The second-order valence-corrected chi connectivity index (χ2v) is 6.67. The van der Waals surface area contributed by atoms with Crippen LogP contribution in [0.15, 0.2) is 18.2 Å². The molecule has 0 aromatic heterocycles. The minimum Gasteiger partial charge on any atom is -0.467 e. The van der Waals surface area contributed by atoms with Crippen LogP contribution in [0.1, 0.15) is 25.8 Å². The third kappa shape index (κ3) is 7.75. The van der Waals surface area contributed by atoms with E-state index in [2.05, 4.69) is 10.1 Å². The standard InChI is InChI=1S/C17H21Cl2NO5/c1-10(2)6-14(17(23)24-3)20-15(21)9-25-16(22)8-11-4-5-12(18)13(19)7-11/h4-5,7,10,14H,6,8-9H2,1-3H3,(H,20,21)/t14-/m1/s1. The summed E-state index contributed by atoms with van der Waals surface area (Å²) < 4.78 is 9.57. The Hall–Kier alpha value is -1.79. The highest BCUT2D eigenvalue weighted by Gasteiger charge is 2.23. The third-order valence-electron chi connectivity index (χ3n) is 3.22. The van der Waals surface area contributed by atoms with Gasteiger partial charge in [-0.3, -0.25) is 9.59 Å². The highest BCUT2D eigenvalue weighted by molar-refractivity contribution is 6.42. The van der Waals surface area contributed by atoms with Gasteiger partial charge < -0.3 is 14.8 Å². The molecular formula is C17H21Cl2NO5. The molecule has 0 aliphatic carbocycles. The summed E-state index contributed by atoms with van der Waals surface area (Å²) >= 11 is 11.7. The largest absolute Gasteiger partial charge is 0.467 e. The molecule has 1 rings (SSSR count). The van der Waals surface area contributed by atoms with E-state index in [0.29, 0.717) is 22.0 Å². The van der Waals surface area contributed by atoms with Crippen LogP contribution in [0, 0.1) is 5.92 Å². The number of carbonyl (C=O) groups is 3. The summed E-state index contributed by atoms with van der Waals surface area (Å²) in [6.45, 7) is 3.35. The van der Waals surface area contributed by atoms with Crippen LogP contribution in [-0.4, -0.2) is 37.6 Å². The molecule has 25 heavy (non-hydrogen) atoms. The highest BCUT2D eigenvalue weighted by atomic mass is 35.5. The number of rotatable bonds is 8. The summed E-state index contributed by atoms with van der Waals surface area (Å²) in [5.41, 5.74) is 0.618. The van der Waals surface area contributed by atoms with Crippen molar-refractivity contribution in [3.05, 3.63) is 33.8 Å². The zero-order valence-electron chi connectivity index (χ0n) is 14.3. The number of ether oxygens (including phenoxy) is 2. The molecule has 1 amide bonds. The number of benzene rings is 1. The molecule has 0 heterocycles. The SMILES string of the molecule is COC(=O)[C@@H](CC(C)C)NC(=O)COC(=O)Cc1ccc(Cl)c(Cl)c1. The van der Waals surface area contributed by atoms with Crippen LogP contribution in [0.4, 0.5) is 0 Å². The number of halogens is 2. The smallest absolute Gasteiger partial charge is 0.328 e. The van der Waals surface area contributed by atoms with Crippen molar-refractivity contribution in [1.82, 2.24) is 5.32 Å². The molecule has 0 radical (unpaired) electrons. The van der Waals surface area contributed by atoms with Crippen molar-refractivity contribution in [2.75, 3.05) is 13.7 Å². The second kappa shape index (κ2) is 10.3. The van der Waals surface area contributed by atoms with Gasteiger partial charge in [-0.2, -0.15) is 0 Å². The molecule has 6 nitrogen and oxygen atoms in total. The second-order valence-electron chi connectivity index (χ2n) is 5.86. The van der Waals surface area contributed by atoms with Crippen molar-refractivity contribution >= 4 is 41.0 Å². The fourth-order valence-electron chi connectivity index (χ4n) is 2.08. The molecule has 138 valence electrons. The molecule has 0 spiro atoms. The van der Waals surface area contributed by atoms with Gasteiger partial charge in [-0.15, -0.1) is 0 Å². The van der Waals surface area contributed by atoms with E-state index in [1.54, 1.807) is 18.2 Å². The number of esters is 2. The topological polar surface area (TPSA) is 81.7 Å². The Morgan fingerprint density at radius 1 is 1.16 bits per heavy atom. The summed E-state index contributed by atoms with van der Waals surface area (Å²) in [6, 6.07) is 4.00. The van der Waals surface area contributed by atoms with E-state index in [9.17, 15) is 14.4 Å². The fourth-order valence-corrected chi connectivity index (χ4v) is 2.40. The lowest BCUT2D eigenvalue weighted by atomic mass is 10.0. The number of amides is 1. The van der Waals surface area contributed by atoms with Crippen molar-refractivity contribution in [1.29, 1.82) is 0 Å². The Balaban J connectivity index is 2.49. The fraction of sp³-hybridized carbons (Fsp3) is 0.471. The summed E-state index contributed by atoms with van der Waals surface area (Å²) in [7, 11) is 1.25. The Labute approximate surface area is 156 Å². The Morgan fingerprint density at radius 3 is 2.40 bits per heavy atom. The summed E-state index contributed by atoms with van der Waals surface area (Å²) in [6.07, 6.45) is 0.381. The van der Waals surface area contributed by atoms with E-state index in [4.69, 9.17) is 27.9 Å². The van der Waals surface area contributed by atoms with Crippen molar-refractivity contribution in [2.45, 2.75) is 32.7 Å². The minimum absolute atomic E-state index is 0.0450. The van der Waals surface area contributed by atoms with E-state index < -0.39 is 30.5 Å². The molecule has 0 bridgehead atoms.